The zero-order valence-electron chi connectivity index (χ0n) is 9.71. The Hall–Kier alpha value is -1.73. The van der Waals surface area contributed by atoms with Crippen molar-refractivity contribution in [1.29, 1.82) is 5.26 Å². The lowest BCUT2D eigenvalue weighted by molar-refractivity contribution is 0.415. The first-order chi connectivity index (χ1) is 7.81. The molecule has 0 unspecified atom stereocenters. The smallest absolute Gasteiger partial charge is 0.121 e. The normalized spacial score (nSPS) is 9.56. The molecule has 4 nitrogen and oxygen atoms in total. The molecule has 0 aliphatic rings. The van der Waals surface area contributed by atoms with Crippen LogP contribution in [0, 0.1) is 11.3 Å². The molecule has 1 aromatic carbocycles. The highest BCUT2D eigenvalue weighted by Gasteiger charge is 2.02. The number of ether oxygens (including phenoxy) is 1. The van der Waals surface area contributed by atoms with Gasteiger partial charge in [-0.3, -0.25) is 0 Å². The van der Waals surface area contributed by atoms with E-state index in [1.165, 1.54) is 0 Å². The molecular weight excluding hydrogens is 202 g/mol. The van der Waals surface area contributed by atoms with Gasteiger partial charge >= 0.3 is 0 Å². The highest BCUT2D eigenvalue weighted by Crippen LogP contribution is 2.21. The van der Waals surface area contributed by atoms with Crippen molar-refractivity contribution < 1.29 is 4.74 Å². The Morgan fingerprint density at radius 1 is 1.38 bits per heavy atom. The first-order valence-corrected chi connectivity index (χ1v) is 5.34. The van der Waals surface area contributed by atoms with Crippen molar-refractivity contribution in [2.45, 2.75) is 6.92 Å². The summed E-state index contributed by atoms with van der Waals surface area (Å²) in [7, 11) is 1.61. The SMILES string of the molecule is CCNCCNc1cc(OC)ccc1C#N. The molecule has 2 N–H and O–H groups in total. The Kier molecular flexibility index (Phi) is 5.17. The van der Waals surface area contributed by atoms with Gasteiger partial charge in [-0.25, -0.2) is 0 Å². The largest absolute Gasteiger partial charge is 0.497 e. The zero-order valence-corrected chi connectivity index (χ0v) is 9.71. The third-order valence-electron chi connectivity index (χ3n) is 2.21. The Balaban J connectivity index is 2.65. The molecule has 0 aromatic heterocycles. The molecule has 0 aliphatic heterocycles. The number of nitriles is 1. The Morgan fingerprint density at radius 2 is 2.19 bits per heavy atom. The topological polar surface area (TPSA) is 57.1 Å². The molecule has 0 radical (unpaired) electrons. The van der Waals surface area contributed by atoms with Crippen LogP contribution in [0.15, 0.2) is 18.2 Å². The van der Waals surface area contributed by atoms with E-state index in [4.69, 9.17) is 10.00 Å². The van der Waals surface area contributed by atoms with Gasteiger partial charge in [-0.05, 0) is 18.7 Å². The first-order valence-electron chi connectivity index (χ1n) is 5.34. The third kappa shape index (κ3) is 3.44. The number of nitrogens with zero attached hydrogens (tertiary/aromatic N) is 1. The van der Waals surface area contributed by atoms with E-state index in [1.54, 1.807) is 19.2 Å². The molecule has 0 saturated heterocycles. The van der Waals surface area contributed by atoms with Gasteiger partial charge in [0.15, 0.2) is 0 Å². The monoisotopic (exact) mass is 219 g/mol. The van der Waals surface area contributed by atoms with Crippen LogP contribution in [-0.2, 0) is 0 Å². The van der Waals surface area contributed by atoms with E-state index in [0.29, 0.717) is 5.56 Å². The van der Waals surface area contributed by atoms with E-state index in [2.05, 4.69) is 23.6 Å². The van der Waals surface area contributed by atoms with Gasteiger partial charge in [-0.1, -0.05) is 6.92 Å². The number of benzene rings is 1. The van der Waals surface area contributed by atoms with Gasteiger partial charge < -0.3 is 15.4 Å². The van der Waals surface area contributed by atoms with Crippen LogP contribution < -0.4 is 15.4 Å². The summed E-state index contributed by atoms with van der Waals surface area (Å²) in [6, 6.07) is 7.53. The van der Waals surface area contributed by atoms with Crippen LogP contribution in [0.4, 0.5) is 5.69 Å². The summed E-state index contributed by atoms with van der Waals surface area (Å²) in [5.74, 6) is 0.755. The number of likely N-dealkylation sites (N-methyl/N-ethyl adjacent to an activating group) is 1. The lowest BCUT2D eigenvalue weighted by Crippen LogP contribution is -2.21. The van der Waals surface area contributed by atoms with Crippen molar-refractivity contribution in [2.24, 2.45) is 0 Å². The predicted molar refractivity (Wildman–Crippen MR) is 64.7 cm³/mol. The van der Waals surface area contributed by atoms with Gasteiger partial charge in [0.25, 0.3) is 0 Å². The molecule has 0 amide bonds. The van der Waals surface area contributed by atoms with Gasteiger partial charge in [0.05, 0.1) is 18.4 Å². The molecule has 86 valence electrons. The molecule has 0 aliphatic carbocycles. The highest BCUT2D eigenvalue weighted by atomic mass is 16.5. The molecule has 0 heterocycles. The fourth-order valence-electron chi connectivity index (χ4n) is 1.36. The summed E-state index contributed by atoms with van der Waals surface area (Å²) in [4.78, 5) is 0. The van der Waals surface area contributed by atoms with E-state index < -0.39 is 0 Å². The van der Waals surface area contributed by atoms with Crippen LogP contribution in [-0.4, -0.2) is 26.7 Å². The molecule has 1 rings (SSSR count). The summed E-state index contributed by atoms with van der Waals surface area (Å²) in [6.45, 7) is 4.67. The van der Waals surface area contributed by atoms with Gasteiger partial charge in [0.2, 0.25) is 0 Å². The molecule has 1 aromatic rings. The van der Waals surface area contributed by atoms with Crippen molar-refractivity contribution in [1.82, 2.24) is 5.32 Å². The van der Waals surface area contributed by atoms with Crippen molar-refractivity contribution in [2.75, 3.05) is 32.1 Å². The number of hydrogen-bond acceptors (Lipinski definition) is 4. The maximum atomic E-state index is 8.94. The summed E-state index contributed by atoms with van der Waals surface area (Å²) >= 11 is 0. The number of anilines is 1. The minimum atomic E-state index is 0.636. The average molecular weight is 219 g/mol. The zero-order chi connectivity index (χ0) is 11.8. The lowest BCUT2D eigenvalue weighted by atomic mass is 10.2. The first kappa shape index (κ1) is 12.3. The van der Waals surface area contributed by atoms with Crippen molar-refractivity contribution in [3.8, 4) is 11.8 Å². The lowest BCUT2D eigenvalue weighted by Gasteiger charge is -2.10. The number of methoxy groups -OCH3 is 1. The molecule has 0 bridgehead atoms. The second-order valence-corrected chi connectivity index (χ2v) is 3.30. The van der Waals surface area contributed by atoms with E-state index in [0.717, 1.165) is 31.1 Å². The molecule has 16 heavy (non-hydrogen) atoms. The molecule has 4 heteroatoms. The fraction of sp³-hybridized carbons (Fsp3) is 0.417. The van der Waals surface area contributed by atoms with E-state index in [-0.39, 0.29) is 0 Å². The van der Waals surface area contributed by atoms with E-state index in [1.807, 2.05) is 6.07 Å². The molecular formula is C12H17N3O. The van der Waals surface area contributed by atoms with Gasteiger partial charge in [0, 0.05) is 19.2 Å². The molecule has 0 saturated carbocycles. The predicted octanol–water partition coefficient (Wildman–Crippen LogP) is 1.59. The molecule has 0 atom stereocenters. The fourth-order valence-corrected chi connectivity index (χ4v) is 1.36. The van der Waals surface area contributed by atoms with Gasteiger partial charge in [-0.15, -0.1) is 0 Å². The van der Waals surface area contributed by atoms with Crippen LogP contribution in [0.25, 0.3) is 0 Å². The summed E-state index contributed by atoms with van der Waals surface area (Å²) in [5, 5.41) is 15.4. The Morgan fingerprint density at radius 3 is 2.81 bits per heavy atom. The minimum Gasteiger partial charge on any atom is -0.497 e. The maximum absolute atomic E-state index is 8.94. The number of nitrogens with one attached hydrogen (secondary N) is 2. The summed E-state index contributed by atoms with van der Waals surface area (Å²) in [6.07, 6.45) is 0. The van der Waals surface area contributed by atoms with E-state index >= 15 is 0 Å². The van der Waals surface area contributed by atoms with Gasteiger partial charge in [0.1, 0.15) is 11.8 Å². The standard InChI is InChI=1S/C12H17N3O/c1-3-14-6-7-15-12-8-11(16-2)5-4-10(12)9-13/h4-5,8,14-15H,3,6-7H2,1-2H3. The van der Waals surface area contributed by atoms with Gasteiger partial charge in [-0.2, -0.15) is 5.26 Å². The summed E-state index contributed by atoms with van der Waals surface area (Å²) in [5.41, 5.74) is 1.46. The second kappa shape index (κ2) is 6.70. The highest BCUT2D eigenvalue weighted by molar-refractivity contribution is 5.60. The van der Waals surface area contributed by atoms with E-state index in [9.17, 15) is 0 Å². The summed E-state index contributed by atoms with van der Waals surface area (Å²) < 4.78 is 5.12. The maximum Gasteiger partial charge on any atom is 0.121 e. The second-order valence-electron chi connectivity index (χ2n) is 3.30. The van der Waals surface area contributed by atoms with Crippen molar-refractivity contribution in [3.63, 3.8) is 0 Å². The van der Waals surface area contributed by atoms with Crippen molar-refractivity contribution in [3.05, 3.63) is 23.8 Å². The van der Waals surface area contributed by atoms with Crippen LogP contribution in [0.2, 0.25) is 0 Å². The van der Waals surface area contributed by atoms with Crippen LogP contribution in [0.3, 0.4) is 0 Å². The quantitative estimate of drug-likeness (QED) is 0.713. The minimum absolute atomic E-state index is 0.636. The molecule has 0 fully saturated rings. The third-order valence-corrected chi connectivity index (χ3v) is 2.21. The van der Waals surface area contributed by atoms with Crippen LogP contribution >= 0.6 is 0 Å². The van der Waals surface area contributed by atoms with Crippen LogP contribution in [0.1, 0.15) is 12.5 Å². The van der Waals surface area contributed by atoms with Crippen LogP contribution in [0.5, 0.6) is 5.75 Å². The Bertz CT molecular complexity index is 371. The average Bonchev–Trinajstić information content (AvgIpc) is 2.34. The number of rotatable bonds is 6. The Labute approximate surface area is 96.2 Å². The molecule has 0 spiro atoms. The van der Waals surface area contributed by atoms with Crippen molar-refractivity contribution >= 4 is 5.69 Å². The number of hydrogen-bond donors (Lipinski definition) is 2.